The van der Waals surface area contributed by atoms with E-state index >= 15 is 0 Å². The fourth-order valence-corrected chi connectivity index (χ4v) is 3.13. The van der Waals surface area contributed by atoms with E-state index in [-0.39, 0.29) is 0 Å². The number of para-hydroxylation sites is 1. The Morgan fingerprint density at radius 3 is 2.58 bits per heavy atom. The fourth-order valence-electron chi connectivity index (χ4n) is 2.20. The lowest BCUT2D eigenvalue weighted by Gasteiger charge is -2.08. The molecule has 0 spiro atoms. The third-order valence-electron chi connectivity index (χ3n) is 3.03. The van der Waals surface area contributed by atoms with E-state index in [9.17, 15) is 0 Å². The molecule has 0 aliphatic rings. The summed E-state index contributed by atoms with van der Waals surface area (Å²) in [5.74, 6) is 0.658. The molecule has 0 aliphatic carbocycles. The molecule has 0 bridgehead atoms. The molecule has 0 unspecified atom stereocenters. The summed E-state index contributed by atoms with van der Waals surface area (Å²) in [5, 5.41) is 2.17. The molecule has 0 fully saturated rings. The average molecular weight is 270 g/mol. The number of hydrogen-bond donors (Lipinski definition) is 0. The molecule has 2 heterocycles. The largest absolute Gasteiger partial charge is 0.481 e. The van der Waals surface area contributed by atoms with Crippen LogP contribution in [0.1, 0.15) is 10.7 Å². The molecule has 3 nitrogen and oxygen atoms in total. The van der Waals surface area contributed by atoms with Gasteiger partial charge >= 0.3 is 0 Å². The Kier molecular flexibility index (Phi) is 2.95. The summed E-state index contributed by atoms with van der Waals surface area (Å²) in [6.07, 6.45) is 0. The van der Waals surface area contributed by atoms with Crippen LogP contribution in [0.4, 0.5) is 0 Å². The van der Waals surface area contributed by atoms with Gasteiger partial charge in [0.15, 0.2) is 0 Å². The van der Waals surface area contributed by atoms with E-state index in [0.29, 0.717) is 5.88 Å². The normalized spacial score (nSPS) is 10.9. The van der Waals surface area contributed by atoms with Gasteiger partial charge in [-0.1, -0.05) is 18.2 Å². The molecule has 3 rings (SSSR count). The van der Waals surface area contributed by atoms with Crippen molar-refractivity contribution in [2.24, 2.45) is 0 Å². The van der Waals surface area contributed by atoms with Crippen molar-refractivity contribution in [3.05, 3.63) is 41.0 Å². The number of methoxy groups -OCH3 is 1. The van der Waals surface area contributed by atoms with Crippen molar-refractivity contribution < 1.29 is 4.74 Å². The highest BCUT2D eigenvalue weighted by atomic mass is 32.1. The van der Waals surface area contributed by atoms with E-state index in [0.717, 1.165) is 32.0 Å². The zero-order valence-electron chi connectivity index (χ0n) is 11.1. The number of hydrogen-bond acceptors (Lipinski definition) is 4. The van der Waals surface area contributed by atoms with Crippen molar-refractivity contribution in [3.63, 3.8) is 0 Å². The summed E-state index contributed by atoms with van der Waals surface area (Å²) in [6.45, 7) is 4.04. The molecule has 0 N–H and O–H groups in total. The first kappa shape index (κ1) is 12.1. The zero-order chi connectivity index (χ0) is 13.4. The van der Waals surface area contributed by atoms with Gasteiger partial charge in [-0.3, -0.25) is 0 Å². The van der Waals surface area contributed by atoms with Crippen LogP contribution in [0, 0.1) is 13.8 Å². The molecule has 0 aliphatic heterocycles. The summed E-state index contributed by atoms with van der Waals surface area (Å²) in [7, 11) is 1.66. The number of aromatic nitrogens is 2. The second kappa shape index (κ2) is 4.63. The van der Waals surface area contributed by atoms with Gasteiger partial charge in [0.1, 0.15) is 0 Å². The summed E-state index contributed by atoms with van der Waals surface area (Å²) in [5.41, 5.74) is 2.99. The first-order valence-corrected chi connectivity index (χ1v) is 6.89. The van der Waals surface area contributed by atoms with Crippen molar-refractivity contribution in [3.8, 4) is 16.3 Å². The number of thiazole rings is 1. The maximum atomic E-state index is 5.44. The second-order valence-corrected chi connectivity index (χ2v) is 5.59. The number of nitrogens with zero attached hydrogens (tertiary/aromatic N) is 2. The van der Waals surface area contributed by atoms with E-state index in [4.69, 9.17) is 4.74 Å². The summed E-state index contributed by atoms with van der Waals surface area (Å²) < 4.78 is 5.44. The van der Waals surface area contributed by atoms with Crippen molar-refractivity contribution in [1.29, 1.82) is 0 Å². The predicted octanol–water partition coefficient (Wildman–Crippen LogP) is 3.98. The molecule has 0 amide bonds. The fraction of sp³-hybridized carbons (Fsp3) is 0.200. The Labute approximate surface area is 115 Å². The Balaban J connectivity index is 2.30. The smallest absolute Gasteiger partial charge is 0.222 e. The van der Waals surface area contributed by atoms with E-state index in [1.54, 1.807) is 18.4 Å². The van der Waals surface area contributed by atoms with Gasteiger partial charge in [0.05, 0.1) is 33.8 Å². The van der Waals surface area contributed by atoms with Crippen LogP contribution in [-0.4, -0.2) is 17.1 Å². The highest BCUT2D eigenvalue weighted by molar-refractivity contribution is 7.15. The summed E-state index contributed by atoms with van der Waals surface area (Å²) in [4.78, 5) is 10.2. The van der Waals surface area contributed by atoms with E-state index < -0.39 is 0 Å². The molecule has 3 aromatic rings. The first-order chi connectivity index (χ1) is 9.19. The van der Waals surface area contributed by atoms with E-state index in [1.165, 1.54) is 0 Å². The molecular formula is C15H14N2OS. The maximum Gasteiger partial charge on any atom is 0.222 e. The number of benzene rings is 1. The van der Waals surface area contributed by atoms with Crippen LogP contribution >= 0.6 is 11.3 Å². The molecular weight excluding hydrogens is 256 g/mol. The molecule has 4 heteroatoms. The van der Waals surface area contributed by atoms with Crippen molar-refractivity contribution in [2.45, 2.75) is 13.8 Å². The van der Waals surface area contributed by atoms with Gasteiger partial charge in [-0.2, -0.15) is 0 Å². The van der Waals surface area contributed by atoms with Gasteiger partial charge in [0, 0.05) is 5.39 Å². The first-order valence-electron chi connectivity index (χ1n) is 6.07. The molecule has 1 aromatic carbocycles. The van der Waals surface area contributed by atoms with Gasteiger partial charge in [0.25, 0.3) is 0 Å². The van der Waals surface area contributed by atoms with Gasteiger partial charge in [-0.05, 0) is 26.0 Å². The predicted molar refractivity (Wildman–Crippen MR) is 78.9 cm³/mol. The van der Waals surface area contributed by atoms with Gasteiger partial charge in [0.2, 0.25) is 5.88 Å². The van der Waals surface area contributed by atoms with Crippen LogP contribution in [0.25, 0.3) is 21.3 Å². The van der Waals surface area contributed by atoms with Gasteiger partial charge < -0.3 is 4.74 Å². The summed E-state index contributed by atoms with van der Waals surface area (Å²) >= 11 is 1.67. The number of aryl methyl sites for hydroxylation is 2. The molecule has 2 aromatic heterocycles. The SMILES string of the molecule is COc1nc2ccccc2cc1-c1sc(C)nc1C. The van der Waals surface area contributed by atoms with Crippen LogP contribution in [0.15, 0.2) is 30.3 Å². The lowest BCUT2D eigenvalue weighted by atomic mass is 10.1. The number of fused-ring (bicyclic) bond motifs is 1. The van der Waals surface area contributed by atoms with Crippen LogP contribution in [-0.2, 0) is 0 Å². The van der Waals surface area contributed by atoms with Crippen molar-refractivity contribution >= 4 is 22.2 Å². The Hall–Kier alpha value is -1.94. The Bertz CT molecular complexity index is 749. The maximum absolute atomic E-state index is 5.44. The quantitative estimate of drug-likeness (QED) is 0.706. The number of rotatable bonds is 2. The second-order valence-electron chi connectivity index (χ2n) is 4.39. The molecule has 0 saturated heterocycles. The minimum Gasteiger partial charge on any atom is -0.481 e. The highest BCUT2D eigenvalue weighted by Gasteiger charge is 2.14. The average Bonchev–Trinajstić information content (AvgIpc) is 2.76. The van der Waals surface area contributed by atoms with Crippen LogP contribution in [0.5, 0.6) is 5.88 Å². The van der Waals surface area contributed by atoms with Gasteiger partial charge in [-0.25, -0.2) is 9.97 Å². The van der Waals surface area contributed by atoms with E-state index in [1.807, 2.05) is 32.0 Å². The van der Waals surface area contributed by atoms with Crippen LogP contribution in [0.2, 0.25) is 0 Å². The number of pyridine rings is 1. The standard InChI is InChI=1S/C15H14N2OS/c1-9-14(19-10(2)16-9)12-8-11-6-4-5-7-13(11)17-15(12)18-3/h4-8H,1-3H3. The van der Waals surface area contributed by atoms with Crippen LogP contribution in [0.3, 0.4) is 0 Å². The topological polar surface area (TPSA) is 35.0 Å². The minimum atomic E-state index is 0.658. The molecule has 0 saturated carbocycles. The zero-order valence-corrected chi connectivity index (χ0v) is 11.9. The minimum absolute atomic E-state index is 0.658. The molecule has 19 heavy (non-hydrogen) atoms. The monoisotopic (exact) mass is 270 g/mol. The van der Waals surface area contributed by atoms with Gasteiger partial charge in [-0.15, -0.1) is 11.3 Å². The number of ether oxygens (including phenoxy) is 1. The lowest BCUT2D eigenvalue weighted by Crippen LogP contribution is -1.92. The molecule has 0 radical (unpaired) electrons. The van der Waals surface area contributed by atoms with E-state index in [2.05, 4.69) is 22.1 Å². The third kappa shape index (κ3) is 2.08. The third-order valence-corrected chi connectivity index (χ3v) is 4.14. The Morgan fingerprint density at radius 1 is 1.11 bits per heavy atom. The van der Waals surface area contributed by atoms with Crippen molar-refractivity contribution in [2.75, 3.05) is 7.11 Å². The van der Waals surface area contributed by atoms with Crippen LogP contribution < -0.4 is 4.74 Å². The molecule has 0 atom stereocenters. The van der Waals surface area contributed by atoms with Crippen molar-refractivity contribution in [1.82, 2.24) is 9.97 Å². The lowest BCUT2D eigenvalue weighted by molar-refractivity contribution is 0.401. The Morgan fingerprint density at radius 2 is 1.89 bits per heavy atom. The summed E-state index contributed by atoms with van der Waals surface area (Å²) in [6, 6.07) is 10.2. The molecule has 96 valence electrons. The highest BCUT2D eigenvalue weighted by Crippen LogP contribution is 2.36.